The van der Waals surface area contributed by atoms with Crippen LogP contribution in [0, 0.1) is 18.3 Å². The topological polar surface area (TPSA) is 103 Å². The first-order chi connectivity index (χ1) is 14.9. The third kappa shape index (κ3) is 3.71. The summed E-state index contributed by atoms with van der Waals surface area (Å²) < 4.78 is 8.12. The number of hydrogen-bond donors (Lipinski definition) is 0. The number of fused-ring (bicyclic) bond motifs is 1. The van der Waals surface area contributed by atoms with E-state index in [0.29, 0.717) is 32.1 Å². The molecule has 0 N–H and O–H groups in total. The van der Waals surface area contributed by atoms with E-state index in [2.05, 4.69) is 16.0 Å². The number of pyridine rings is 2. The van der Waals surface area contributed by atoms with Gasteiger partial charge >= 0.3 is 5.69 Å². The molecule has 0 aliphatic heterocycles. The zero-order valence-electron chi connectivity index (χ0n) is 16.6. The van der Waals surface area contributed by atoms with E-state index in [1.807, 2.05) is 6.92 Å². The van der Waals surface area contributed by atoms with Gasteiger partial charge in [-0.25, -0.2) is 14.3 Å². The summed E-state index contributed by atoms with van der Waals surface area (Å²) in [6.07, 6.45) is 4.72. The van der Waals surface area contributed by atoms with Gasteiger partial charge in [0.2, 0.25) is 0 Å². The summed E-state index contributed by atoms with van der Waals surface area (Å²) in [4.78, 5) is 35.5. The van der Waals surface area contributed by atoms with Crippen LogP contribution in [0.3, 0.4) is 0 Å². The number of rotatable bonds is 5. The Morgan fingerprint density at radius 1 is 1.23 bits per heavy atom. The number of thiophene rings is 1. The molecule has 4 aromatic rings. The fourth-order valence-corrected chi connectivity index (χ4v) is 4.63. The first-order valence-corrected chi connectivity index (χ1v) is 10.4. The lowest BCUT2D eigenvalue weighted by atomic mass is 10.2. The molecule has 156 valence electrons. The maximum atomic E-state index is 13.3. The fourth-order valence-electron chi connectivity index (χ4n) is 3.26. The van der Waals surface area contributed by atoms with Crippen LogP contribution in [0.5, 0.6) is 5.75 Å². The van der Waals surface area contributed by atoms with E-state index in [-0.39, 0.29) is 18.1 Å². The minimum atomic E-state index is -0.528. The van der Waals surface area contributed by atoms with Gasteiger partial charge in [0.05, 0.1) is 43.2 Å². The van der Waals surface area contributed by atoms with Gasteiger partial charge in [-0.15, -0.1) is 11.3 Å². The standard InChI is InChI=1S/C21H16ClN5O3S/c1-12-6-13(10-24-9-12)27-20(28)18-16(26(21(27)29)5-3-4-23)8-17(31-18)15-7-14(30-2)11-25-19(15)22/h6-11H,3,5H2,1-2H3. The van der Waals surface area contributed by atoms with Crippen molar-refractivity contribution >= 4 is 33.2 Å². The highest BCUT2D eigenvalue weighted by molar-refractivity contribution is 7.22. The first-order valence-electron chi connectivity index (χ1n) is 9.23. The zero-order chi connectivity index (χ0) is 22.1. The number of ether oxygens (including phenoxy) is 1. The monoisotopic (exact) mass is 453 g/mol. The van der Waals surface area contributed by atoms with Crippen LogP contribution in [0.1, 0.15) is 12.0 Å². The van der Waals surface area contributed by atoms with Crippen LogP contribution >= 0.6 is 22.9 Å². The van der Waals surface area contributed by atoms with Gasteiger partial charge in [-0.1, -0.05) is 11.6 Å². The Morgan fingerprint density at radius 2 is 2.03 bits per heavy atom. The van der Waals surface area contributed by atoms with Crippen LogP contribution in [-0.4, -0.2) is 26.2 Å². The molecule has 0 aromatic carbocycles. The number of methoxy groups -OCH3 is 1. The lowest BCUT2D eigenvalue weighted by molar-refractivity contribution is 0.413. The molecule has 0 radical (unpaired) electrons. The van der Waals surface area contributed by atoms with E-state index in [1.165, 1.54) is 35.4 Å². The van der Waals surface area contributed by atoms with Gasteiger partial charge in [0.15, 0.2) is 0 Å². The molecule has 31 heavy (non-hydrogen) atoms. The van der Waals surface area contributed by atoms with Crippen LogP contribution in [0.15, 0.2) is 46.4 Å². The van der Waals surface area contributed by atoms with Crippen molar-refractivity contribution in [3.8, 4) is 27.9 Å². The smallest absolute Gasteiger partial charge is 0.336 e. The molecule has 0 amide bonds. The SMILES string of the molecule is COc1cnc(Cl)c(-c2cc3c(s2)c(=O)n(-c2cncc(C)c2)c(=O)n3CCC#N)c1. The van der Waals surface area contributed by atoms with Crippen molar-refractivity contribution in [2.24, 2.45) is 0 Å². The van der Waals surface area contributed by atoms with Crippen LogP contribution in [0.4, 0.5) is 0 Å². The average molecular weight is 454 g/mol. The summed E-state index contributed by atoms with van der Waals surface area (Å²) in [5.41, 5.74) is 1.24. The third-order valence-electron chi connectivity index (χ3n) is 4.70. The van der Waals surface area contributed by atoms with Crippen molar-refractivity contribution in [2.45, 2.75) is 19.9 Å². The van der Waals surface area contributed by atoms with Crippen molar-refractivity contribution in [3.63, 3.8) is 0 Å². The first kappa shape index (κ1) is 20.8. The molecular weight excluding hydrogens is 438 g/mol. The minimum absolute atomic E-state index is 0.117. The maximum Gasteiger partial charge on any atom is 0.336 e. The Kier molecular flexibility index (Phi) is 5.59. The summed E-state index contributed by atoms with van der Waals surface area (Å²) >= 11 is 7.49. The quantitative estimate of drug-likeness (QED) is 0.428. The average Bonchev–Trinajstić information content (AvgIpc) is 3.19. The van der Waals surface area contributed by atoms with Crippen LogP contribution in [-0.2, 0) is 6.54 Å². The number of nitrogens with zero attached hydrogens (tertiary/aromatic N) is 5. The van der Waals surface area contributed by atoms with Crippen LogP contribution in [0.25, 0.3) is 26.3 Å². The number of aryl methyl sites for hydroxylation is 2. The van der Waals surface area contributed by atoms with Gasteiger partial charge in [-0.3, -0.25) is 14.3 Å². The molecule has 0 saturated carbocycles. The molecule has 0 atom stereocenters. The van der Waals surface area contributed by atoms with Gasteiger partial charge in [-0.05, 0) is 30.7 Å². The summed E-state index contributed by atoms with van der Waals surface area (Å²) in [6, 6.07) is 7.21. The Morgan fingerprint density at radius 3 is 2.74 bits per heavy atom. The van der Waals surface area contributed by atoms with E-state index >= 15 is 0 Å². The third-order valence-corrected chi connectivity index (χ3v) is 6.15. The Labute approximate surface area is 185 Å². The molecule has 4 heterocycles. The number of nitriles is 1. The van der Waals surface area contributed by atoms with Gasteiger partial charge in [0.25, 0.3) is 5.56 Å². The van der Waals surface area contributed by atoms with Gasteiger partial charge in [0.1, 0.15) is 15.6 Å². The lowest BCUT2D eigenvalue weighted by Gasteiger charge is -2.11. The number of aromatic nitrogens is 4. The van der Waals surface area contributed by atoms with E-state index < -0.39 is 11.2 Å². The van der Waals surface area contributed by atoms with E-state index in [0.717, 1.165) is 10.1 Å². The van der Waals surface area contributed by atoms with Crippen LogP contribution < -0.4 is 16.0 Å². The molecule has 8 nitrogen and oxygen atoms in total. The Hall–Kier alpha value is -3.48. The predicted molar refractivity (Wildman–Crippen MR) is 119 cm³/mol. The summed E-state index contributed by atoms with van der Waals surface area (Å²) in [5.74, 6) is 0.516. The summed E-state index contributed by atoms with van der Waals surface area (Å²) in [6.45, 7) is 1.97. The van der Waals surface area contributed by atoms with Crippen molar-refractivity contribution < 1.29 is 4.74 Å². The molecular formula is C21H16ClN5O3S. The second-order valence-corrected chi connectivity index (χ2v) is 8.15. The molecule has 0 unspecified atom stereocenters. The molecule has 0 bridgehead atoms. The molecule has 4 rings (SSSR count). The largest absolute Gasteiger partial charge is 0.495 e. The molecule has 0 fully saturated rings. The second-order valence-electron chi connectivity index (χ2n) is 6.74. The molecule has 10 heteroatoms. The fraction of sp³-hybridized carbons (Fsp3) is 0.190. The van der Waals surface area contributed by atoms with Crippen molar-refractivity contribution in [1.29, 1.82) is 5.26 Å². The zero-order valence-corrected chi connectivity index (χ0v) is 18.2. The van der Waals surface area contributed by atoms with E-state index in [4.69, 9.17) is 21.6 Å². The highest BCUT2D eigenvalue weighted by Crippen LogP contribution is 2.36. The highest BCUT2D eigenvalue weighted by atomic mass is 35.5. The number of halogens is 1. The minimum Gasteiger partial charge on any atom is -0.495 e. The van der Waals surface area contributed by atoms with Crippen molar-refractivity contribution in [3.05, 3.63) is 68.3 Å². The molecule has 4 aromatic heterocycles. The maximum absolute atomic E-state index is 13.3. The summed E-state index contributed by atoms with van der Waals surface area (Å²) in [7, 11) is 1.52. The lowest BCUT2D eigenvalue weighted by Crippen LogP contribution is -2.38. The second kappa shape index (κ2) is 8.34. The normalized spacial score (nSPS) is 10.9. The molecule has 0 spiro atoms. The van der Waals surface area contributed by atoms with Gasteiger partial charge in [-0.2, -0.15) is 5.26 Å². The van der Waals surface area contributed by atoms with Crippen molar-refractivity contribution in [2.75, 3.05) is 7.11 Å². The highest BCUT2D eigenvalue weighted by Gasteiger charge is 2.20. The Bertz CT molecular complexity index is 1460. The van der Waals surface area contributed by atoms with E-state index in [9.17, 15) is 9.59 Å². The van der Waals surface area contributed by atoms with Gasteiger partial charge in [0, 0.05) is 23.2 Å². The molecule has 0 aliphatic carbocycles. The van der Waals surface area contributed by atoms with Crippen LogP contribution in [0.2, 0.25) is 5.15 Å². The molecule has 0 aliphatic rings. The van der Waals surface area contributed by atoms with Gasteiger partial charge < -0.3 is 4.74 Å². The van der Waals surface area contributed by atoms with E-state index in [1.54, 1.807) is 24.4 Å². The summed E-state index contributed by atoms with van der Waals surface area (Å²) in [5, 5.41) is 9.32. The Balaban J connectivity index is 2.05. The number of hydrogen-bond acceptors (Lipinski definition) is 7. The van der Waals surface area contributed by atoms with Crippen molar-refractivity contribution in [1.82, 2.24) is 19.1 Å². The predicted octanol–water partition coefficient (Wildman–Crippen LogP) is 3.56. The molecule has 0 saturated heterocycles.